The molecule has 0 aromatic rings. The van der Waals surface area contributed by atoms with Crippen LogP contribution in [0.25, 0.3) is 0 Å². The van der Waals surface area contributed by atoms with Crippen LogP contribution in [0.15, 0.2) is 0 Å². The van der Waals surface area contributed by atoms with Crippen LogP contribution in [0.1, 0.15) is 196 Å². The van der Waals surface area contributed by atoms with Gasteiger partial charge < -0.3 is 11.5 Å². The Hall–Kier alpha value is -0.210. The number of unbranched alkanes of at least 4 members (excludes halogenated alkanes) is 18. The summed E-state index contributed by atoms with van der Waals surface area (Å²) < 4.78 is 31.6. The van der Waals surface area contributed by atoms with Crippen LogP contribution in [-0.4, -0.2) is 30.6 Å². The van der Waals surface area contributed by atoms with Crippen molar-refractivity contribution in [1.82, 2.24) is 0 Å². The second-order valence-corrected chi connectivity index (χ2v) is 14.6. The Balaban J connectivity index is -0.000000604. The van der Waals surface area contributed by atoms with Crippen molar-refractivity contribution >= 4 is 10.4 Å². The molecule has 0 aromatic heterocycles. The Morgan fingerprint density at radius 3 is 0.829 bits per heavy atom. The summed E-state index contributed by atoms with van der Waals surface area (Å²) in [4.78, 5) is 0. The van der Waals surface area contributed by atoms with E-state index in [-0.39, 0.29) is 0 Å². The van der Waals surface area contributed by atoms with Gasteiger partial charge in [0.25, 0.3) is 0 Å². The summed E-state index contributed by atoms with van der Waals surface area (Å²) in [5.74, 6) is 0. The zero-order valence-corrected chi connectivity index (χ0v) is 29.5. The molecule has 0 aromatic carbocycles. The lowest BCUT2D eigenvalue weighted by atomic mass is 9.83. The molecule has 0 aliphatic rings. The molecule has 41 heavy (non-hydrogen) atoms. The molecule has 0 spiro atoms. The molecule has 0 atom stereocenters. The minimum absolute atomic E-state index is 0.467. The first kappa shape index (κ1) is 45.2. The number of hydrogen-bond acceptors (Lipinski definition) is 4. The van der Waals surface area contributed by atoms with Crippen LogP contribution in [0.4, 0.5) is 0 Å². The minimum atomic E-state index is -4.67. The van der Waals surface area contributed by atoms with E-state index in [0.717, 1.165) is 13.1 Å². The van der Waals surface area contributed by atoms with Gasteiger partial charge in [-0.2, -0.15) is 8.42 Å². The minimum Gasteiger partial charge on any atom is -0.330 e. The van der Waals surface area contributed by atoms with Gasteiger partial charge in [-0.05, 0) is 49.6 Å². The van der Waals surface area contributed by atoms with Crippen LogP contribution in [-0.2, 0) is 10.4 Å². The van der Waals surface area contributed by atoms with Crippen molar-refractivity contribution in [3.05, 3.63) is 0 Å². The lowest BCUT2D eigenvalue weighted by Crippen LogP contribution is -2.16. The largest absolute Gasteiger partial charge is 0.394 e. The van der Waals surface area contributed by atoms with E-state index in [9.17, 15) is 0 Å². The fourth-order valence-corrected chi connectivity index (χ4v) is 5.21. The second-order valence-electron chi connectivity index (χ2n) is 13.7. The highest BCUT2D eigenvalue weighted by Crippen LogP contribution is 2.28. The fourth-order valence-electron chi connectivity index (χ4n) is 5.21. The average molecular weight is 609 g/mol. The van der Waals surface area contributed by atoms with Crippen molar-refractivity contribution in [3.8, 4) is 0 Å². The smallest absolute Gasteiger partial charge is 0.330 e. The lowest BCUT2D eigenvalue weighted by Gasteiger charge is -2.23. The average Bonchev–Trinajstić information content (AvgIpc) is 2.85. The van der Waals surface area contributed by atoms with E-state index in [1.54, 1.807) is 0 Å². The highest BCUT2D eigenvalue weighted by atomic mass is 32.3. The summed E-state index contributed by atoms with van der Waals surface area (Å²) in [5.41, 5.74) is 12.2. The third-order valence-electron chi connectivity index (χ3n) is 8.06. The Morgan fingerprint density at radius 1 is 0.439 bits per heavy atom. The molecular formula is C34H76N2O4S. The van der Waals surface area contributed by atoms with E-state index in [0.29, 0.717) is 10.8 Å². The van der Waals surface area contributed by atoms with Gasteiger partial charge in [0.1, 0.15) is 0 Å². The van der Waals surface area contributed by atoms with E-state index >= 15 is 0 Å². The third kappa shape index (κ3) is 49.8. The molecule has 0 fully saturated rings. The summed E-state index contributed by atoms with van der Waals surface area (Å²) in [6.07, 6.45) is 33.6. The summed E-state index contributed by atoms with van der Waals surface area (Å²) in [7, 11) is -4.67. The van der Waals surface area contributed by atoms with E-state index in [1.165, 1.54) is 154 Å². The molecule has 7 heteroatoms. The van der Waals surface area contributed by atoms with Gasteiger partial charge in [-0.15, -0.1) is 0 Å². The quantitative estimate of drug-likeness (QED) is 0.0571. The first-order chi connectivity index (χ1) is 19.2. The van der Waals surface area contributed by atoms with E-state index < -0.39 is 10.4 Å². The molecule has 0 radical (unpaired) electrons. The topological polar surface area (TPSA) is 127 Å². The first-order valence-corrected chi connectivity index (χ1v) is 18.7. The summed E-state index contributed by atoms with van der Waals surface area (Å²) in [6, 6.07) is 0. The predicted molar refractivity (Wildman–Crippen MR) is 182 cm³/mol. The van der Waals surface area contributed by atoms with Gasteiger partial charge in [-0.25, -0.2) is 0 Å². The normalized spacial score (nSPS) is 12.0. The van der Waals surface area contributed by atoms with Crippen LogP contribution in [0, 0.1) is 10.8 Å². The Bertz CT molecular complexity index is 564. The van der Waals surface area contributed by atoms with Crippen molar-refractivity contribution in [1.29, 1.82) is 0 Å². The van der Waals surface area contributed by atoms with Gasteiger partial charge in [0, 0.05) is 0 Å². The molecule has 0 rings (SSSR count). The van der Waals surface area contributed by atoms with Crippen molar-refractivity contribution < 1.29 is 17.5 Å². The Labute approximate surface area is 258 Å². The van der Waals surface area contributed by atoms with Crippen molar-refractivity contribution in [3.63, 3.8) is 0 Å². The molecule has 252 valence electrons. The summed E-state index contributed by atoms with van der Waals surface area (Å²) in [6.45, 7) is 15.7. The van der Waals surface area contributed by atoms with Crippen LogP contribution < -0.4 is 11.5 Å². The van der Waals surface area contributed by atoms with E-state index in [4.69, 9.17) is 29.0 Å². The van der Waals surface area contributed by atoms with E-state index in [1.807, 2.05) is 0 Å². The molecule has 0 bridgehead atoms. The predicted octanol–water partition coefficient (Wildman–Crippen LogP) is 10.7. The van der Waals surface area contributed by atoms with Crippen LogP contribution in [0.3, 0.4) is 0 Å². The fraction of sp³-hybridized carbons (Fsp3) is 1.00. The van der Waals surface area contributed by atoms with Crippen molar-refractivity contribution in [2.45, 2.75) is 196 Å². The molecule has 6 nitrogen and oxygen atoms in total. The Kier molecular flexibility index (Phi) is 34.4. The van der Waals surface area contributed by atoms with Gasteiger partial charge in [-0.3, -0.25) is 9.11 Å². The van der Waals surface area contributed by atoms with Gasteiger partial charge in [-0.1, -0.05) is 170 Å². The highest BCUT2D eigenvalue weighted by Gasteiger charge is 2.16. The van der Waals surface area contributed by atoms with Crippen molar-refractivity contribution in [2.75, 3.05) is 13.1 Å². The van der Waals surface area contributed by atoms with Crippen LogP contribution in [0.2, 0.25) is 0 Å². The third-order valence-corrected chi connectivity index (χ3v) is 8.06. The van der Waals surface area contributed by atoms with Gasteiger partial charge in [0.2, 0.25) is 0 Å². The molecule has 0 aliphatic carbocycles. The molecule has 6 N–H and O–H groups in total. The van der Waals surface area contributed by atoms with Crippen LogP contribution in [0.5, 0.6) is 0 Å². The number of nitrogens with two attached hydrogens (primary N) is 2. The molecule has 0 aliphatic heterocycles. The number of rotatable bonds is 26. The SMILES string of the molecule is CCCCCCCCCCCCC(C)(C)CCN.CCCCCCCCCCCCC(C)(C)CCN.O=S(=O)(O)O. The monoisotopic (exact) mass is 609 g/mol. The van der Waals surface area contributed by atoms with Gasteiger partial charge in [0.05, 0.1) is 0 Å². The maximum atomic E-state index is 8.74. The van der Waals surface area contributed by atoms with Gasteiger partial charge >= 0.3 is 10.4 Å². The molecule has 0 amide bonds. The molecule has 0 heterocycles. The van der Waals surface area contributed by atoms with Crippen molar-refractivity contribution in [2.24, 2.45) is 22.3 Å². The first-order valence-electron chi connectivity index (χ1n) is 17.3. The lowest BCUT2D eigenvalue weighted by molar-refractivity contribution is 0.299. The van der Waals surface area contributed by atoms with Gasteiger partial charge in [0.15, 0.2) is 0 Å². The second kappa shape index (κ2) is 31.2. The summed E-state index contributed by atoms with van der Waals surface area (Å²) >= 11 is 0. The zero-order valence-electron chi connectivity index (χ0n) is 28.7. The molecular weight excluding hydrogens is 532 g/mol. The van der Waals surface area contributed by atoms with E-state index in [2.05, 4.69) is 41.5 Å². The maximum absolute atomic E-state index is 8.74. The maximum Gasteiger partial charge on any atom is 0.394 e. The molecule has 0 saturated heterocycles. The Morgan fingerprint density at radius 2 is 0.634 bits per heavy atom. The molecule has 0 saturated carbocycles. The number of hydrogen-bond donors (Lipinski definition) is 4. The highest BCUT2D eigenvalue weighted by molar-refractivity contribution is 7.79. The van der Waals surface area contributed by atoms with Crippen LogP contribution >= 0.6 is 0 Å². The standard InChI is InChI=1S/2C17H37N.H2O4S/c2*1-4-5-6-7-8-9-10-11-12-13-14-17(2,3)15-16-18;1-5(2,3)4/h2*4-16,18H2,1-3H3;(H2,1,2,3,4). The summed E-state index contributed by atoms with van der Waals surface area (Å²) in [5, 5.41) is 0. The molecule has 0 unspecified atom stereocenters. The zero-order chi connectivity index (χ0) is 31.9.